The number of carbonyl (C=O) groups excluding carboxylic acids is 4. The zero-order valence-electron chi connectivity index (χ0n) is 28.8. The SMILES string of the molecule is CN(CC(=O)NCC(=O)N[C@@H](Cc1ccccc1)P(=O)(O)O[C@@H](Cc1ccccc1)C(=O)OCCCc1ccncc1)C(=O)OCc1ccccc1. The molecule has 0 bridgehead atoms. The van der Waals surface area contributed by atoms with E-state index in [9.17, 15) is 28.6 Å². The minimum atomic E-state index is -4.79. The highest BCUT2D eigenvalue weighted by molar-refractivity contribution is 7.53. The third-order valence-electron chi connectivity index (χ3n) is 7.75. The van der Waals surface area contributed by atoms with Crippen LogP contribution in [0.15, 0.2) is 116 Å². The lowest BCUT2D eigenvalue weighted by molar-refractivity contribution is -0.152. The van der Waals surface area contributed by atoms with Gasteiger partial charge in [0.25, 0.3) is 0 Å². The van der Waals surface area contributed by atoms with Gasteiger partial charge in [0.1, 0.15) is 18.9 Å². The van der Waals surface area contributed by atoms with E-state index in [-0.39, 0.29) is 26.1 Å². The number of hydrogen-bond donors (Lipinski definition) is 3. The van der Waals surface area contributed by atoms with E-state index in [1.165, 1.54) is 7.05 Å². The normalized spacial score (nSPS) is 13.1. The van der Waals surface area contributed by atoms with Crippen molar-refractivity contribution in [3.8, 4) is 0 Å². The number of hydrogen-bond acceptors (Lipinski definition) is 9. The highest BCUT2D eigenvalue weighted by atomic mass is 31.2. The number of aromatic nitrogens is 1. The van der Waals surface area contributed by atoms with Gasteiger partial charge in [0.05, 0.1) is 13.2 Å². The van der Waals surface area contributed by atoms with Gasteiger partial charge in [0.15, 0.2) is 6.10 Å². The van der Waals surface area contributed by atoms with Gasteiger partial charge in [0.2, 0.25) is 11.8 Å². The molecule has 14 heteroatoms. The van der Waals surface area contributed by atoms with Crippen LogP contribution in [-0.2, 0) is 58.8 Å². The number of esters is 1. The van der Waals surface area contributed by atoms with Gasteiger partial charge in [0, 0.05) is 32.3 Å². The van der Waals surface area contributed by atoms with Crippen molar-refractivity contribution in [2.24, 2.45) is 0 Å². The molecule has 3 amide bonds. The van der Waals surface area contributed by atoms with Crippen molar-refractivity contribution < 1.29 is 42.6 Å². The number of pyridine rings is 1. The van der Waals surface area contributed by atoms with Gasteiger partial charge in [-0.25, -0.2) is 9.59 Å². The van der Waals surface area contributed by atoms with Gasteiger partial charge in [-0.05, 0) is 47.2 Å². The highest BCUT2D eigenvalue weighted by Gasteiger charge is 2.39. The maximum absolute atomic E-state index is 14.0. The van der Waals surface area contributed by atoms with Crippen molar-refractivity contribution in [1.29, 1.82) is 0 Å². The van der Waals surface area contributed by atoms with Gasteiger partial charge in [-0.2, -0.15) is 0 Å². The molecular formula is C38H43N4O9P. The molecule has 3 aromatic carbocycles. The molecule has 1 aromatic heterocycles. The number of likely N-dealkylation sites (N-methyl/N-ethyl adjacent to an activating group) is 1. The summed E-state index contributed by atoms with van der Waals surface area (Å²) >= 11 is 0. The maximum atomic E-state index is 14.0. The predicted molar refractivity (Wildman–Crippen MR) is 193 cm³/mol. The molecule has 4 rings (SSSR count). The molecular weight excluding hydrogens is 687 g/mol. The van der Waals surface area contributed by atoms with Crippen molar-refractivity contribution in [3.05, 3.63) is 138 Å². The van der Waals surface area contributed by atoms with Crippen LogP contribution in [-0.4, -0.2) is 77.3 Å². The van der Waals surface area contributed by atoms with Crippen LogP contribution in [0, 0.1) is 0 Å². The largest absolute Gasteiger partial charge is 0.464 e. The number of aryl methyl sites for hydroxylation is 1. The third kappa shape index (κ3) is 13.7. The number of nitrogens with one attached hydrogen (secondary N) is 2. The second-order valence-electron chi connectivity index (χ2n) is 11.9. The third-order valence-corrected chi connectivity index (χ3v) is 9.40. The second kappa shape index (κ2) is 20.5. The predicted octanol–water partition coefficient (Wildman–Crippen LogP) is 4.44. The number of rotatable bonds is 19. The second-order valence-corrected chi connectivity index (χ2v) is 13.9. The van der Waals surface area contributed by atoms with Gasteiger partial charge in [-0.15, -0.1) is 0 Å². The quantitative estimate of drug-likeness (QED) is 0.0711. The lowest BCUT2D eigenvalue weighted by Crippen LogP contribution is -2.46. The molecule has 0 fully saturated rings. The Kier molecular flexibility index (Phi) is 15.5. The van der Waals surface area contributed by atoms with Crippen LogP contribution in [0.2, 0.25) is 0 Å². The molecule has 1 unspecified atom stereocenters. The lowest BCUT2D eigenvalue weighted by Gasteiger charge is -2.27. The Balaban J connectivity index is 1.37. The minimum absolute atomic E-state index is 0.0242. The first-order valence-corrected chi connectivity index (χ1v) is 18.4. The van der Waals surface area contributed by atoms with Crippen molar-refractivity contribution >= 4 is 31.5 Å². The number of nitrogens with zero attached hydrogens (tertiary/aromatic N) is 2. The molecule has 3 N–H and O–H groups in total. The van der Waals surface area contributed by atoms with Crippen LogP contribution in [0.1, 0.15) is 28.7 Å². The topological polar surface area (TPSA) is 173 Å². The number of carbonyl (C=O) groups is 4. The Morgan fingerprint density at radius 3 is 1.96 bits per heavy atom. The average molecular weight is 731 g/mol. The molecule has 0 saturated heterocycles. The molecule has 1 heterocycles. The molecule has 0 radical (unpaired) electrons. The Morgan fingerprint density at radius 1 is 0.769 bits per heavy atom. The summed E-state index contributed by atoms with van der Waals surface area (Å²) in [4.78, 5) is 67.7. The monoisotopic (exact) mass is 730 g/mol. The van der Waals surface area contributed by atoms with Crippen molar-refractivity contribution in [3.63, 3.8) is 0 Å². The molecule has 0 aliphatic carbocycles. The first-order valence-electron chi connectivity index (χ1n) is 16.7. The van der Waals surface area contributed by atoms with E-state index >= 15 is 0 Å². The van der Waals surface area contributed by atoms with E-state index in [1.807, 2.05) is 30.3 Å². The summed E-state index contributed by atoms with van der Waals surface area (Å²) in [7, 11) is -3.42. The fourth-order valence-electron chi connectivity index (χ4n) is 5.01. The molecule has 0 saturated carbocycles. The first kappa shape index (κ1) is 39.4. The standard InChI is InChI=1S/C38H43N4O9P/c1-42(38(46)50-28-32-16-9-4-10-17-32)27-35(44)40-26-34(43)41-36(25-31-14-7-3-8-15-31)52(47,48)51-33(24-30-12-5-2-6-13-30)37(45)49-23-11-18-29-19-21-39-22-20-29/h2-10,12-17,19-22,33,36H,11,18,23-28H2,1H3,(H,40,44)(H,41,43)(H,47,48)/t33-,36+/m0/s1. The molecule has 0 spiro atoms. The smallest absolute Gasteiger partial charge is 0.410 e. The van der Waals surface area contributed by atoms with Crippen molar-refractivity contribution in [2.45, 2.75) is 44.2 Å². The maximum Gasteiger partial charge on any atom is 0.410 e. The summed E-state index contributed by atoms with van der Waals surface area (Å²) in [5.41, 5.74) is 3.08. The van der Waals surface area contributed by atoms with Crippen molar-refractivity contribution in [1.82, 2.24) is 20.5 Å². The average Bonchev–Trinajstić information content (AvgIpc) is 3.15. The molecule has 0 aliphatic heterocycles. The van der Waals surface area contributed by atoms with Crippen molar-refractivity contribution in [2.75, 3.05) is 26.7 Å². The summed E-state index contributed by atoms with van der Waals surface area (Å²) in [6, 6.07) is 30.3. The summed E-state index contributed by atoms with van der Waals surface area (Å²) < 4.78 is 30.3. The van der Waals surface area contributed by atoms with E-state index in [4.69, 9.17) is 14.0 Å². The van der Waals surface area contributed by atoms with E-state index in [2.05, 4.69) is 15.6 Å². The molecule has 3 atom stereocenters. The molecule has 0 aliphatic rings. The molecule has 274 valence electrons. The fourth-order valence-corrected chi connectivity index (χ4v) is 6.43. The first-order chi connectivity index (χ1) is 25.1. The molecule has 4 aromatic rings. The summed E-state index contributed by atoms with van der Waals surface area (Å²) in [6.07, 6.45) is 2.11. The van der Waals surface area contributed by atoms with E-state index in [1.54, 1.807) is 85.2 Å². The van der Waals surface area contributed by atoms with Crippen LogP contribution in [0.4, 0.5) is 4.79 Å². The number of amides is 3. The van der Waals surface area contributed by atoms with Crippen LogP contribution < -0.4 is 10.6 Å². The van der Waals surface area contributed by atoms with Gasteiger partial charge in [-0.3, -0.25) is 23.7 Å². The van der Waals surface area contributed by atoms with Crippen LogP contribution in [0.3, 0.4) is 0 Å². The fraction of sp³-hybridized carbons (Fsp3) is 0.289. The van der Waals surface area contributed by atoms with E-state index in [0.29, 0.717) is 24.0 Å². The Hall–Kier alpha value is -5.36. The molecule has 52 heavy (non-hydrogen) atoms. The number of benzene rings is 3. The Bertz CT molecular complexity index is 1770. The van der Waals surface area contributed by atoms with Gasteiger partial charge >= 0.3 is 19.7 Å². The lowest BCUT2D eigenvalue weighted by atomic mass is 10.1. The summed E-state index contributed by atoms with van der Waals surface area (Å²) in [5.74, 6) is -3.77. The van der Waals surface area contributed by atoms with Gasteiger partial charge in [-0.1, -0.05) is 91.0 Å². The summed E-state index contributed by atoms with van der Waals surface area (Å²) in [5, 5.41) is 4.90. The number of ether oxygens (including phenoxy) is 2. The van der Waals surface area contributed by atoms with Crippen LogP contribution in [0.25, 0.3) is 0 Å². The van der Waals surface area contributed by atoms with E-state index in [0.717, 1.165) is 16.0 Å². The minimum Gasteiger partial charge on any atom is -0.464 e. The highest BCUT2D eigenvalue weighted by Crippen LogP contribution is 2.49. The summed E-state index contributed by atoms with van der Waals surface area (Å²) in [6.45, 7) is -0.891. The van der Waals surface area contributed by atoms with E-state index < -0.39 is 56.4 Å². The Labute approximate surface area is 302 Å². The Morgan fingerprint density at radius 2 is 1.35 bits per heavy atom. The molecule has 13 nitrogen and oxygen atoms in total. The zero-order chi connectivity index (χ0) is 37.2. The van der Waals surface area contributed by atoms with Crippen LogP contribution >= 0.6 is 7.60 Å². The zero-order valence-corrected chi connectivity index (χ0v) is 29.7. The van der Waals surface area contributed by atoms with Gasteiger partial charge < -0.3 is 29.9 Å². The van der Waals surface area contributed by atoms with Crippen LogP contribution in [0.5, 0.6) is 0 Å².